The number of ether oxygens (including phenoxy) is 1. The summed E-state index contributed by atoms with van der Waals surface area (Å²) in [5.41, 5.74) is 7.55. The van der Waals surface area contributed by atoms with Crippen LogP contribution in [0.5, 0.6) is 5.88 Å². The van der Waals surface area contributed by atoms with Gasteiger partial charge in [-0.1, -0.05) is 12.1 Å². The van der Waals surface area contributed by atoms with Crippen LogP contribution in [0.15, 0.2) is 36.4 Å². The lowest BCUT2D eigenvalue weighted by Gasteiger charge is -2.03. The number of aromatic nitrogens is 2. The van der Waals surface area contributed by atoms with Gasteiger partial charge in [0.2, 0.25) is 5.88 Å². The SMILES string of the molecule is Nc1ccc(-c2ccc(OC(F)F)nn2)cc1. The molecule has 2 aromatic rings. The van der Waals surface area contributed by atoms with Gasteiger partial charge in [0, 0.05) is 17.3 Å². The third kappa shape index (κ3) is 2.87. The van der Waals surface area contributed by atoms with Gasteiger partial charge < -0.3 is 10.5 Å². The molecule has 0 radical (unpaired) electrons. The van der Waals surface area contributed by atoms with Gasteiger partial charge in [-0.15, -0.1) is 10.2 Å². The van der Waals surface area contributed by atoms with Gasteiger partial charge >= 0.3 is 6.61 Å². The highest BCUT2D eigenvalue weighted by Crippen LogP contribution is 2.19. The molecule has 0 saturated heterocycles. The van der Waals surface area contributed by atoms with Crippen molar-refractivity contribution < 1.29 is 13.5 Å². The smallest absolute Gasteiger partial charge is 0.388 e. The third-order valence-electron chi connectivity index (χ3n) is 2.06. The predicted octanol–water partition coefficient (Wildman–Crippen LogP) is 2.33. The Labute approximate surface area is 96.0 Å². The molecule has 0 amide bonds. The maximum absolute atomic E-state index is 11.9. The lowest BCUT2D eigenvalue weighted by atomic mass is 10.1. The van der Waals surface area contributed by atoms with E-state index in [2.05, 4.69) is 14.9 Å². The average molecular weight is 237 g/mol. The monoisotopic (exact) mass is 237 g/mol. The first-order valence-corrected chi connectivity index (χ1v) is 4.79. The Morgan fingerprint density at radius 2 is 1.71 bits per heavy atom. The Kier molecular flexibility index (Phi) is 3.13. The summed E-state index contributed by atoms with van der Waals surface area (Å²) >= 11 is 0. The first-order valence-electron chi connectivity index (χ1n) is 4.79. The van der Waals surface area contributed by atoms with E-state index in [4.69, 9.17) is 5.73 Å². The van der Waals surface area contributed by atoms with E-state index in [-0.39, 0.29) is 5.88 Å². The number of benzene rings is 1. The Morgan fingerprint density at radius 1 is 1.00 bits per heavy atom. The minimum Gasteiger partial charge on any atom is -0.415 e. The van der Waals surface area contributed by atoms with Crippen molar-refractivity contribution >= 4 is 5.69 Å². The van der Waals surface area contributed by atoms with Crippen LogP contribution in [0, 0.1) is 0 Å². The normalized spacial score (nSPS) is 10.5. The minimum atomic E-state index is -2.90. The van der Waals surface area contributed by atoms with Crippen LogP contribution in [0.1, 0.15) is 0 Å². The highest BCUT2D eigenvalue weighted by Gasteiger charge is 2.06. The molecule has 88 valence electrons. The molecule has 0 unspecified atom stereocenters. The number of rotatable bonds is 3. The summed E-state index contributed by atoms with van der Waals surface area (Å²) in [5, 5.41) is 7.32. The van der Waals surface area contributed by atoms with Gasteiger partial charge in [0.15, 0.2) is 0 Å². The lowest BCUT2D eigenvalue weighted by molar-refractivity contribution is -0.0534. The zero-order chi connectivity index (χ0) is 12.3. The van der Waals surface area contributed by atoms with E-state index in [1.54, 1.807) is 30.3 Å². The van der Waals surface area contributed by atoms with Crippen LogP contribution in [0.4, 0.5) is 14.5 Å². The van der Waals surface area contributed by atoms with Crippen molar-refractivity contribution in [3.05, 3.63) is 36.4 Å². The molecule has 1 aromatic carbocycles. The van der Waals surface area contributed by atoms with Crippen molar-refractivity contribution in [2.24, 2.45) is 0 Å². The van der Waals surface area contributed by atoms with Crippen molar-refractivity contribution in [2.75, 3.05) is 5.73 Å². The van der Waals surface area contributed by atoms with Crippen LogP contribution in [0.3, 0.4) is 0 Å². The van der Waals surface area contributed by atoms with Crippen molar-refractivity contribution in [3.8, 4) is 17.1 Å². The number of nitrogen functional groups attached to an aromatic ring is 1. The molecule has 0 spiro atoms. The molecule has 2 N–H and O–H groups in total. The van der Waals surface area contributed by atoms with Gasteiger partial charge in [-0.3, -0.25) is 0 Å². The number of nitrogens with zero attached hydrogens (tertiary/aromatic N) is 2. The van der Waals surface area contributed by atoms with Crippen molar-refractivity contribution in [1.29, 1.82) is 0 Å². The average Bonchev–Trinajstić information content (AvgIpc) is 2.30. The van der Waals surface area contributed by atoms with Crippen molar-refractivity contribution in [3.63, 3.8) is 0 Å². The van der Waals surface area contributed by atoms with E-state index in [1.807, 2.05) is 0 Å². The standard InChI is InChI=1S/C11H9F2N3O/c12-11(13)17-10-6-5-9(15-16-10)7-1-3-8(14)4-2-7/h1-6,11H,14H2. The molecule has 6 heteroatoms. The van der Waals surface area contributed by atoms with Gasteiger partial charge in [0.1, 0.15) is 0 Å². The molecule has 0 atom stereocenters. The Bertz CT molecular complexity index is 485. The van der Waals surface area contributed by atoms with E-state index in [0.29, 0.717) is 11.4 Å². The van der Waals surface area contributed by atoms with Crippen LogP contribution < -0.4 is 10.5 Å². The van der Waals surface area contributed by atoms with Gasteiger partial charge in [0.05, 0.1) is 5.69 Å². The lowest BCUT2D eigenvalue weighted by Crippen LogP contribution is -2.04. The van der Waals surface area contributed by atoms with Crippen LogP contribution in [0.25, 0.3) is 11.3 Å². The zero-order valence-electron chi connectivity index (χ0n) is 8.68. The first-order chi connectivity index (χ1) is 8.15. The Hall–Kier alpha value is -2.24. The summed E-state index contributed by atoms with van der Waals surface area (Å²) in [6, 6.07) is 9.88. The maximum atomic E-state index is 11.9. The molecule has 0 bridgehead atoms. The summed E-state index contributed by atoms with van der Waals surface area (Å²) in [5.74, 6) is -0.209. The largest absolute Gasteiger partial charge is 0.415 e. The molecule has 2 rings (SSSR count). The number of hydrogen-bond donors (Lipinski definition) is 1. The molecular weight excluding hydrogens is 228 g/mol. The van der Waals surface area contributed by atoms with Gasteiger partial charge in [0.25, 0.3) is 0 Å². The van der Waals surface area contributed by atoms with Crippen LogP contribution in [-0.2, 0) is 0 Å². The number of alkyl halides is 2. The quantitative estimate of drug-likeness (QED) is 0.832. The number of hydrogen-bond acceptors (Lipinski definition) is 4. The Morgan fingerprint density at radius 3 is 2.24 bits per heavy atom. The predicted molar refractivity (Wildman–Crippen MR) is 58.5 cm³/mol. The molecule has 1 heterocycles. The summed E-state index contributed by atoms with van der Waals surface area (Å²) in [7, 11) is 0. The fraction of sp³-hybridized carbons (Fsp3) is 0.0909. The second-order valence-electron chi connectivity index (χ2n) is 3.26. The van der Waals surface area contributed by atoms with E-state index in [0.717, 1.165) is 5.56 Å². The Balaban J connectivity index is 2.20. The molecule has 17 heavy (non-hydrogen) atoms. The zero-order valence-corrected chi connectivity index (χ0v) is 8.68. The second-order valence-corrected chi connectivity index (χ2v) is 3.26. The van der Waals surface area contributed by atoms with Gasteiger partial charge in [-0.05, 0) is 18.2 Å². The third-order valence-corrected chi connectivity index (χ3v) is 2.06. The first kappa shape index (κ1) is 11.3. The van der Waals surface area contributed by atoms with Crippen molar-refractivity contribution in [1.82, 2.24) is 10.2 Å². The van der Waals surface area contributed by atoms with E-state index < -0.39 is 6.61 Å². The van der Waals surface area contributed by atoms with E-state index in [1.165, 1.54) is 6.07 Å². The molecule has 0 aliphatic carbocycles. The highest BCUT2D eigenvalue weighted by molar-refractivity contribution is 5.61. The number of halogens is 2. The maximum Gasteiger partial charge on any atom is 0.388 e. The van der Waals surface area contributed by atoms with Crippen LogP contribution >= 0.6 is 0 Å². The van der Waals surface area contributed by atoms with Crippen LogP contribution in [-0.4, -0.2) is 16.8 Å². The van der Waals surface area contributed by atoms with Gasteiger partial charge in [-0.25, -0.2) is 0 Å². The molecule has 1 aromatic heterocycles. The molecular formula is C11H9F2N3O. The summed E-state index contributed by atoms with van der Waals surface area (Å²) in [4.78, 5) is 0. The van der Waals surface area contributed by atoms with Gasteiger partial charge in [-0.2, -0.15) is 8.78 Å². The fourth-order valence-electron chi connectivity index (χ4n) is 1.28. The minimum absolute atomic E-state index is 0.209. The van der Waals surface area contributed by atoms with E-state index >= 15 is 0 Å². The fourth-order valence-corrected chi connectivity index (χ4v) is 1.28. The number of nitrogens with two attached hydrogens (primary N) is 1. The highest BCUT2D eigenvalue weighted by atomic mass is 19.3. The number of anilines is 1. The van der Waals surface area contributed by atoms with Crippen molar-refractivity contribution in [2.45, 2.75) is 6.61 Å². The summed E-state index contributed by atoms with van der Waals surface area (Å²) in [6.45, 7) is -2.90. The summed E-state index contributed by atoms with van der Waals surface area (Å²) < 4.78 is 27.9. The molecule has 0 aliphatic heterocycles. The van der Waals surface area contributed by atoms with E-state index in [9.17, 15) is 8.78 Å². The van der Waals surface area contributed by atoms with Crippen LogP contribution in [0.2, 0.25) is 0 Å². The molecule has 0 aliphatic rings. The molecule has 0 fully saturated rings. The second kappa shape index (κ2) is 4.73. The molecule has 0 saturated carbocycles. The molecule has 4 nitrogen and oxygen atoms in total. The summed E-state index contributed by atoms with van der Waals surface area (Å²) in [6.07, 6.45) is 0. The topological polar surface area (TPSA) is 61.0 Å².